The molecule has 0 aliphatic heterocycles. The van der Waals surface area contributed by atoms with Crippen molar-refractivity contribution in [2.75, 3.05) is 0 Å². The maximum absolute atomic E-state index is 13.1. The van der Waals surface area contributed by atoms with E-state index in [2.05, 4.69) is 26.2 Å². The molecule has 3 rings (SSSR count). The summed E-state index contributed by atoms with van der Waals surface area (Å²) < 4.78 is 15.1. The van der Waals surface area contributed by atoms with E-state index in [1.54, 1.807) is 12.1 Å². The zero-order chi connectivity index (χ0) is 14.3. The standard InChI is InChI=1S/C13H7BrFN3O2/c14-9-6-8(15)2-4-11(9)18-12-5-7(13(19)20)1-3-10(12)16-17-18/h1-6H,(H,19,20). The molecule has 7 heteroatoms. The molecular weight excluding hydrogens is 329 g/mol. The zero-order valence-corrected chi connectivity index (χ0v) is 11.5. The van der Waals surface area contributed by atoms with Gasteiger partial charge in [-0.25, -0.2) is 13.9 Å². The van der Waals surface area contributed by atoms with E-state index in [1.165, 1.54) is 28.9 Å². The van der Waals surface area contributed by atoms with Gasteiger partial charge in [0.2, 0.25) is 0 Å². The summed E-state index contributed by atoms with van der Waals surface area (Å²) in [5.74, 6) is -1.41. The van der Waals surface area contributed by atoms with Crippen LogP contribution in [0.4, 0.5) is 4.39 Å². The number of fused-ring (bicyclic) bond motifs is 1. The molecular formula is C13H7BrFN3O2. The SMILES string of the molecule is O=C(O)c1ccc2nnn(-c3ccc(F)cc3Br)c2c1. The smallest absolute Gasteiger partial charge is 0.335 e. The number of rotatable bonds is 2. The van der Waals surface area contributed by atoms with Crippen LogP contribution >= 0.6 is 15.9 Å². The second kappa shape index (κ2) is 4.68. The normalized spacial score (nSPS) is 10.9. The minimum Gasteiger partial charge on any atom is -0.478 e. The van der Waals surface area contributed by atoms with Crippen molar-refractivity contribution in [1.82, 2.24) is 15.0 Å². The molecule has 0 atom stereocenters. The van der Waals surface area contributed by atoms with Crippen LogP contribution in [0.5, 0.6) is 0 Å². The monoisotopic (exact) mass is 335 g/mol. The Hall–Kier alpha value is -2.28. The van der Waals surface area contributed by atoms with Crippen LogP contribution in [0.3, 0.4) is 0 Å². The Bertz CT molecular complexity index is 832. The topological polar surface area (TPSA) is 68.0 Å². The molecule has 0 unspecified atom stereocenters. The average molecular weight is 336 g/mol. The van der Waals surface area contributed by atoms with Crippen molar-refractivity contribution in [2.24, 2.45) is 0 Å². The van der Waals surface area contributed by atoms with Gasteiger partial charge in [0.1, 0.15) is 11.3 Å². The first-order chi connectivity index (χ1) is 9.56. The molecule has 0 saturated heterocycles. The molecule has 2 aromatic carbocycles. The highest BCUT2D eigenvalue weighted by Gasteiger charge is 2.12. The summed E-state index contributed by atoms with van der Waals surface area (Å²) in [4.78, 5) is 11.0. The van der Waals surface area contributed by atoms with Crippen LogP contribution < -0.4 is 0 Å². The van der Waals surface area contributed by atoms with Gasteiger partial charge in [0, 0.05) is 4.47 Å². The molecule has 1 N–H and O–H groups in total. The highest BCUT2D eigenvalue weighted by molar-refractivity contribution is 9.10. The molecule has 20 heavy (non-hydrogen) atoms. The molecule has 0 radical (unpaired) electrons. The predicted molar refractivity (Wildman–Crippen MR) is 73.5 cm³/mol. The predicted octanol–water partition coefficient (Wildman–Crippen LogP) is 3.02. The van der Waals surface area contributed by atoms with Crippen LogP contribution in [0.15, 0.2) is 40.9 Å². The molecule has 1 heterocycles. The Kier molecular flexibility index (Phi) is 2.98. The number of hydrogen-bond donors (Lipinski definition) is 1. The molecule has 0 aliphatic rings. The van der Waals surface area contributed by atoms with Gasteiger partial charge in [-0.2, -0.15) is 0 Å². The quantitative estimate of drug-likeness (QED) is 0.781. The molecule has 1 aromatic heterocycles. The van der Waals surface area contributed by atoms with E-state index in [-0.39, 0.29) is 11.4 Å². The fraction of sp³-hybridized carbons (Fsp3) is 0. The summed E-state index contributed by atoms with van der Waals surface area (Å²) >= 11 is 3.26. The molecule has 100 valence electrons. The number of halogens is 2. The molecule has 0 spiro atoms. The second-order valence-corrected chi connectivity index (χ2v) is 4.96. The number of benzene rings is 2. The second-order valence-electron chi connectivity index (χ2n) is 4.11. The minimum absolute atomic E-state index is 0.138. The van der Waals surface area contributed by atoms with Gasteiger partial charge >= 0.3 is 5.97 Å². The van der Waals surface area contributed by atoms with Crippen LogP contribution in [-0.4, -0.2) is 26.1 Å². The lowest BCUT2D eigenvalue weighted by molar-refractivity contribution is 0.0697. The molecule has 5 nitrogen and oxygen atoms in total. The van der Waals surface area contributed by atoms with Crippen LogP contribution in [0.25, 0.3) is 16.7 Å². The van der Waals surface area contributed by atoms with E-state index in [0.29, 0.717) is 21.2 Å². The van der Waals surface area contributed by atoms with E-state index in [1.807, 2.05) is 0 Å². The third-order valence-electron chi connectivity index (χ3n) is 2.83. The number of nitrogens with zero attached hydrogens (tertiary/aromatic N) is 3. The number of aromatic nitrogens is 3. The first-order valence-corrected chi connectivity index (χ1v) is 6.40. The Morgan fingerprint density at radius 2 is 2.05 bits per heavy atom. The summed E-state index contributed by atoms with van der Waals surface area (Å²) in [5, 5.41) is 17.0. The van der Waals surface area contributed by atoms with E-state index in [4.69, 9.17) is 5.11 Å². The number of carboxylic acids is 1. The summed E-state index contributed by atoms with van der Waals surface area (Å²) in [7, 11) is 0. The average Bonchev–Trinajstić information content (AvgIpc) is 2.81. The Balaban J connectivity index is 2.25. The molecule has 0 saturated carbocycles. The van der Waals surface area contributed by atoms with Crippen LogP contribution in [0.2, 0.25) is 0 Å². The highest BCUT2D eigenvalue weighted by Crippen LogP contribution is 2.25. The first-order valence-electron chi connectivity index (χ1n) is 5.60. The lowest BCUT2D eigenvalue weighted by Crippen LogP contribution is -2.00. The number of hydrogen-bond acceptors (Lipinski definition) is 3. The summed E-state index contributed by atoms with van der Waals surface area (Å²) in [5.41, 5.74) is 1.82. The van der Waals surface area contributed by atoms with Crippen LogP contribution in [0.1, 0.15) is 10.4 Å². The molecule has 0 aliphatic carbocycles. The van der Waals surface area contributed by atoms with Crippen molar-refractivity contribution in [3.8, 4) is 5.69 Å². The van der Waals surface area contributed by atoms with E-state index in [9.17, 15) is 9.18 Å². The summed E-state index contributed by atoms with van der Waals surface area (Å²) in [6, 6.07) is 8.68. The Morgan fingerprint density at radius 3 is 2.75 bits per heavy atom. The van der Waals surface area contributed by atoms with Crippen molar-refractivity contribution in [3.05, 3.63) is 52.3 Å². The molecule has 3 aromatic rings. The highest BCUT2D eigenvalue weighted by atomic mass is 79.9. The van der Waals surface area contributed by atoms with Gasteiger partial charge in [0.25, 0.3) is 0 Å². The maximum Gasteiger partial charge on any atom is 0.335 e. The summed E-state index contributed by atoms with van der Waals surface area (Å²) in [6.45, 7) is 0. The lowest BCUT2D eigenvalue weighted by atomic mass is 10.2. The van der Waals surface area contributed by atoms with Crippen molar-refractivity contribution in [2.45, 2.75) is 0 Å². The third-order valence-corrected chi connectivity index (χ3v) is 3.47. The largest absolute Gasteiger partial charge is 0.478 e. The lowest BCUT2D eigenvalue weighted by Gasteiger charge is -2.05. The van der Waals surface area contributed by atoms with Gasteiger partial charge in [-0.05, 0) is 52.3 Å². The van der Waals surface area contributed by atoms with Crippen molar-refractivity contribution >= 4 is 32.9 Å². The van der Waals surface area contributed by atoms with Crippen molar-refractivity contribution in [1.29, 1.82) is 0 Å². The van der Waals surface area contributed by atoms with Gasteiger partial charge in [0.05, 0.1) is 16.8 Å². The van der Waals surface area contributed by atoms with E-state index in [0.717, 1.165) is 0 Å². The van der Waals surface area contributed by atoms with E-state index >= 15 is 0 Å². The van der Waals surface area contributed by atoms with E-state index < -0.39 is 5.97 Å². The molecule has 0 amide bonds. The Morgan fingerprint density at radius 1 is 1.25 bits per heavy atom. The molecule has 0 bridgehead atoms. The first kappa shape index (κ1) is 12.7. The number of carboxylic acid groups (broad SMARTS) is 1. The van der Waals surface area contributed by atoms with Crippen LogP contribution in [-0.2, 0) is 0 Å². The zero-order valence-electron chi connectivity index (χ0n) is 9.92. The fourth-order valence-electron chi connectivity index (χ4n) is 1.88. The van der Waals surface area contributed by atoms with Gasteiger partial charge in [-0.3, -0.25) is 0 Å². The number of aromatic carboxylic acids is 1. The van der Waals surface area contributed by atoms with Crippen molar-refractivity contribution < 1.29 is 14.3 Å². The number of carbonyl (C=O) groups is 1. The van der Waals surface area contributed by atoms with Gasteiger partial charge in [-0.1, -0.05) is 5.21 Å². The minimum atomic E-state index is -1.03. The van der Waals surface area contributed by atoms with Crippen LogP contribution in [0, 0.1) is 5.82 Å². The van der Waals surface area contributed by atoms with Gasteiger partial charge < -0.3 is 5.11 Å². The maximum atomic E-state index is 13.1. The fourth-order valence-corrected chi connectivity index (χ4v) is 2.40. The summed E-state index contributed by atoms with van der Waals surface area (Å²) in [6.07, 6.45) is 0. The van der Waals surface area contributed by atoms with Gasteiger partial charge in [-0.15, -0.1) is 5.10 Å². The molecule has 0 fully saturated rings. The van der Waals surface area contributed by atoms with Crippen molar-refractivity contribution in [3.63, 3.8) is 0 Å². The third kappa shape index (κ3) is 2.05. The van der Waals surface area contributed by atoms with Gasteiger partial charge in [0.15, 0.2) is 0 Å². The Labute approximate surface area is 120 Å².